The van der Waals surface area contributed by atoms with Crippen molar-refractivity contribution in [2.45, 2.75) is 63.2 Å². The monoisotopic (exact) mass is 634 g/mol. The number of carbonyl (C=O) groups is 2. The number of piperidine rings is 1. The van der Waals surface area contributed by atoms with E-state index in [1.54, 1.807) is 18.0 Å². The van der Waals surface area contributed by atoms with Gasteiger partial charge in [0.25, 0.3) is 5.91 Å². The summed E-state index contributed by atoms with van der Waals surface area (Å²) in [5, 5.41) is 12.7. The van der Waals surface area contributed by atoms with E-state index in [1.807, 2.05) is 13.0 Å². The number of aromatic amines is 1. The van der Waals surface area contributed by atoms with Crippen molar-refractivity contribution in [3.63, 3.8) is 0 Å². The Labute approximate surface area is 261 Å². The summed E-state index contributed by atoms with van der Waals surface area (Å²) < 4.78 is 53.8. The predicted octanol–water partition coefficient (Wildman–Crippen LogP) is 4.20. The van der Waals surface area contributed by atoms with Gasteiger partial charge in [0, 0.05) is 35.8 Å². The average Bonchev–Trinajstić information content (AvgIpc) is 3.76. The number of nitrogens with zero attached hydrogens (tertiary/aromatic N) is 5. The fourth-order valence-corrected chi connectivity index (χ4v) is 8.05. The standard InChI is InChI=1S/C32H33F3N8O3/c1-16-9-22-20(12-36-41-22)23(17(16)2)24-21(34)10-19-26(25(24)35)37-30(46-15-31-5-3-8-43(31)13-18(33)11-31)38-27(19)42-7-4-6-32(14-42)28(44)39-29(45)40-32/h9-10,12,18H,3-8,11,13-15H2,1-2H3,(H,36,41)(H2,39,40,44,45)/t18-,31+,32-/m1/s1. The van der Waals surface area contributed by atoms with Crippen LogP contribution in [0.2, 0.25) is 0 Å². The number of aromatic nitrogens is 4. The average molecular weight is 635 g/mol. The van der Waals surface area contributed by atoms with Gasteiger partial charge in [-0.2, -0.15) is 15.1 Å². The summed E-state index contributed by atoms with van der Waals surface area (Å²) >= 11 is 0. The molecule has 3 atom stereocenters. The number of rotatable bonds is 5. The van der Waals surface area contributed by atoms with Crippen molar-refractivity contribution in [3.05, 3.63) is 41.1 Å². The van der Waals surface area contributed by atoms with Crippen LogP contribution in [0.25, 0.3) is 32.9 Å². The molecule has 2 aromatic heterocycles. The van der Waals surface area contributed by atoms with Crippen molar-refractivity contribution < 1.29 is 27.5 Å². The third kappa shape index (κ3) is 4.32. The molecule has 0 radical (unpaired) electrons. The van der Waals surface area contributed by atoms with Crippen LogP contribution in [0.3, 0.4) is 0 Å². The molecule has 0 bridgehead atoms. The molecule has 8 rings (SSSR count). The Kier molecular flexibility index (Phi) is 6.47. The summed E-state index contributed by atoms with van der Waals surface area (Å²) in [7, 11) is 0. The quantitative estimate of drug-likeness (QED) is 0.279. The summed E-state index contributed by atoms with van der Waals surface area (Å²) in [4.78, 5) is 38.0. The lowest BCUT2D eigenvalue weighted by Crippen LogP contribution is -2.58. The molecule has 3 N–H and O–H groups in total. The van der Waals surface area contributed by atoms with Gasteiger partial charge in [-0.15, -0.1) is 0 Å². The zero-order valence-corrected chi connectivity index (χ0v) is 25.5. The first-order chi connectivity index (χ1) is 22.1. The second-order valence-corrected chi connectivity index (χ2v) is 13.2. The first kappa shape index (κ1) is 29.0. The highest BCUT2D eigenvalue weighted by molar-refractivity contribution is 6.08. The lowest BCUT2D eigenvalue weighted by molar-refractivity contribution is -0.124. The lowest BCUT2D eigenvalue weighted by Gasteiger charge is -2.39. The molecule has 4 fully saturated rings. The number of urea groups is 1. The van der Waals surface area contributed by atoms with Gasteiger partial charge in [-0.3, -0.25) is 20.1 Å². The highest BCUT2D eigenvalue weighted by Gasteiger charge is 2.50. The van der Waals surface area contributed by atoms with E-state index in [2.05, 4.69) is 35.7 Å². The molecular formula is C32H33F3N8O3. The van der Waals surface area contributed by atoms with E-state index >= 15 is 8.78 Å². The number of aryl methyl sites for hydroxylation is 1. The Bertz CT molecular complexity index is 1950. The SMILES string of the molecule is Cc1cc2[nH]ncc2c(-c2c(F)cc3c(N4CCC[C@]5(C4)NC(=O)NC5=O)nc(OC[C@@]45CCCN4C[C@H](F)C5)nc3c2F)c1C. The summed E-state index contributed by atoms with van der Waals surface area (Å²) in [6, 6.07) is 2.38. The zero-order chi connectivity index (χ0) is 32.0. The van der Waals surface area contributed by atoms with E-state index < -0.39 is 40.8 Å². The van der Waals surface area contributed by atoms with Gasteiger partial charge in [-0.25, -0.2) is 18.0 Å². The van der Waals surface area contributed by atoms with Crippen LogP contribution < -0.4 is 20.3 Å². The molecule has 4 aliphatic rings. The van der Waals surface area contributed by atoms with Gasteiger partial charge in [-0.05, 0) is 69.3 Å². The summed E-state index contributed by atoms with van der Waals surface area (Å²) in [6.45, 7) is 5.34. The Morgan fingerprint density at radius 1 is 1.07 bits per heavy atom. The van der Waals surface area contributed by atoms with Crippen LogP contribution in [0.4, 0.5) is 23.8 Å². The molecule has 46 heavy (non-hydrogen) atoms. The van der Waals surface area contributed by atoms with Crippen LogP contribution in [0.5, 0.6) is 6.01 Å². The van der Waals surface area contributed by atoms with E-state index in [0.29, 0.717) is 54.4 Å². The van der Waals surface area contributed by atoms with Gasteiger partial charge >= 0.3 is 12.0 Å². The maximum atomic E-state index is 16.9. The number of fused-ring (bicyclic) bond motifs is 3. The summed E-state index contributed by atoms with van der Waals surface area (Å²) in [5.74, 6) is -1.97. The van der Waals surface area contributed by atoms with E-state index in [4.69, 9.17) is 4.74 Å². The van der Waals surface area contributed by atoms with Crippen LogP contribution in [0.15, 0.2) is 18.3 Å². The number of ether oxygens (including phenoxy) is 1. The smallest absolute Gasteiger partial charge is 0.322 e. The number of H-pyrrole nitrogens is 1. The molecule has 4 aromatic rings. The second-order valence-electron chi connectivity index (χ2n) is 13.2. The molecule has 11 nitrogen and oxygen atoms in total. The van der Waals surface area contributed by atoms with Crippen LogP contribution in [-0.2, 0) is 4.79 Å². The van der Waals surface area contributed by atoms with Gasteiger partial charge in [0.1, 0.15) is 35.5 Å². The van der Waals surface area contributed by atoms with E-state index in [0.717, 1.165) is 24.9 Å². The number of anilines is 1. The topological polar surface area (TPSA) is 128 Å². The number of nitrogens with one attached hydrogen (secondary N) is 3. The molecule has 0 aliphatic carbocycles. The molecule has 240 valence electrons. The normalized spacial score (nSPS) is 26.4. The molecule has 14 heteroatoms. The molecule has 4 aliphatic heterocycles. The Morgan fingerprint density at radius 3 is 2.70 bits per heavy atom. The van der Waals surface area contributed by atoms with E-state index in [1.165, 1.54) is 6.07 Å². The number of amides is 3. The van der Waals surface area contributed by atoms with Crippen molar-refractivity contribution in [1.29, 1.82) is 0 Å². The molecule has 3 amide bonds. The molecule has 0 saturated carbocycles. The van der Waals surface area contributed by atoms with Crippen molar-refractivity contribution in [1.82, 2.24) is 35.7 Å². The molecule has 4 saturated heterocycles. The molecule has 0 unspecified atom stereocenters. The number of benzene rings is 2. The summed E-state index contributed by atoms with van der Waals surface area (Å²) in [5.41, 5.74) is 0.427. The molecule has 2 aromatic carbocycles. The van der Waals surface area contributed by atoms with Gasteiger partial charge < -0.3 is 15.0 Å². The van der Waals surface area contributed by atoms with Crippen molar-refractivity contribution in [3.8, 4) is 17.1 Å². The zero-order valence-electron chi connectivity index (χ0n) is 25.5. The van der Waals surface area contributed by atoms with Gasteiger partial charge in [0.05, 0.1) is 29.4 Å². The van der Waals surface area contributed by atoms with Crippen molar-refractivity contribution in [2.24, 2.45) is 0 Å². The predicted molar refractivity (Wildman–Crippen MR) is 163 cm³/mol. The highest BCUT2D eigenvalue weighted by Crippen LogP contribution is 2.43. The van der Waals surface area contributed by atoms with Crippen molar-refractivity contribution >= 4 is 39.6 Å². The Morgan fingerprint density at radius 2 is 1.89 bits per heavy atom. The van der Waals surface area contributed by atoms with Gasteiger partial charge in [0.15, 0.2) is 5.82 Å². The minimum atomic E-state index is -1.21. The Balaban J connectivity index is 1.28. The fraction of sp³-hybridized carbons (Fsp3) is 0.469. The Hall–Kier alpha value is -4.46. The fourth-order valence-electron chi connectivity index (χ4n) is 8.05. The number of hydrogen-bond donors (Lipinski definition) is 3. The molecule has 1 spiro atoms. The van der Waals surface area contributed by atoms with Crippen LogP contribution >= 0.6 is 0 Å². The first-order valence-corrected chi connectivity index (χ1v) is 15.6. The van der Waals surface area contributed by atoms with E-state index in [9.17, 15) is 14.0 Å². The molecule has 6 heterocycles. The highest BCUT2D eigenvalue weighted by atomic mass is 19.1. The van der Waals surface area contributed by atoms with Crippen molar-refractivity contribution in [2.75, 3.05) is 37.7 Å². The molecular weight excluding hydrogens is 601 g/mol. The first-order valence-electron chi connectivity index (χ1n) is 15.6. The third-order valence-corrected chi connectivity index (χ3v) is 10.4. The maximum Gasteiger partial charge on any atom is 0.322 e. The maximum absolute atomic E-state index is 16.9. The largest absolute Gasteiger partial charge is 0.461 e. The van der Waals surface area contributed by atoms with Gasteiger partial charge in [0.2, 0.25) is 0 Å². The third-order valence-electron chi connectivity index (χ3n) is 10.4. The van der Waals surface area contributed by atoms with Crippen LogP contribution in [0.1, 0.15) is 43.2 Å². The van der Waals surface area contributed by atoms with Crippen LogP contribution in [-0.4, -0.2) is 87.0 Å². The number of hydrogen-bond acceptors (Lipinski definition) is 8. The lowest BCUT2D eigenvalue weighted by atomic mass is 9.89. The summed E-state index contributed by atoms with van der Waals surface area (Å²) in [6.07, 6.45) is 3.49. The number of imide groups is 1. The number of alkyl halides is 1. The van der Waals surface area contributed by atoms with E-state index in [-0.39, 0.29) is 41.4 Å². The minimum absolute atomic E-state index is 0.0367. The van der Waals surface area contributed by atoms with Crippen LogP contribution in [0, 0.1) is 25.5 Å². The number of carbonyl (C=O) groups excluding carboxylic acids is 2. The van der Waals surface area contributed by atoms with Gasteiger partial charge in [-0.1, -0.05) is 0 Å². The minimum Gasteiger partial charge on any atom is -0.461 e. The number of halogens is 3. The second kappa shape index (κ2) is 10.3.